The van der Waals surface area contributed by atoms with Gasteiger partial charge in [-0.05, 0) is 22.1 Å². The van der Waals surface area contributed by atoms with Gasteiger partial charge in [0.2, 0.25) is 0 Å². The molecule has 0 fully saturated rings. The summed E-state index contributed by atoms with van der Waals surface area (Å²) in [6.07, 6.45) is 0.289. The zero-order chi connectivity index (χ0) is 17.7. The lowest BCUT2D eigenvalue weighted by atomic mass is 9.86. The quantitative estimate of drug-likeness (QED) is 0.587. The Morgan fingerprint density at radius 2 is 1.33 bits per heavy atom. The second kappa shape index (κ2) is 7.43. The summed E-state index contributed by atoms with van der Waals surface area (Å²) >= 11 is 0. The molecular formula is C21H24O3. The molecule has 0 aliphatic rings. The fourth-order valence-electron chi connectivity index (χ4n) is 2.47. The van der Waals surface area contributed by atoms with E-state index in [9.17, 15) is 9.59 Å². The van der Waals surface area contributed by atoms with Crippen LogP contribution in [0.4, 0.5) is 0 Å². The van der Waals surface area contributed by atoms with Crippen molar-refractivity contribution in [3.05, 3.63) is 59.7 Å². The lowest BCUT2D eigenvalue weighted by molar-refractivity contribution is -0.140. The highest BCUT2D eigenvalue weighted by molar-refractivity contribution is 5.97. The molecule has 0 aromatic heterocycles. The molecule has 2 aromatic carbocycles. The number of ether oxygens (including phenoxy) is 1. The number of benzene rings is 2. The fraction of sp³-hybridized carbons (Fsp3) is 0.333. The van der Waals surface area contributed by atoms with E-state index >= 15 is 0 Å². The number of hydrogen-bond acceptors (Lipinski definition) is 3. The summed E-state index contributed by atoms with van der Waals surface area (Å²) in [4.78, 5) is 23.2. The van der Waals surface area contributed by atoms with Gasteiger partial charge in [0.15, 0.2) is 5.78 Å². The minimum absolute atomic E-state index is 0.0463. The first kappa shape index (κ1) is 17.9. The van der Waals surface area contributed by atoms with Gasteiger partial charge in [0.25, 0.3) is 0 Å². The number of rotatable bonds is 5. The van der Waals surface area contributed by atoms with E-state index in [-0.39, 0.29) is 30.0 Å². The summed E-state index contributed by atoms with van der Waals surface area (Å²) in [6.45, 7) is 6.57. The van der Waals surface area contributed by atoms with Gasteiger partial charge < -0.3 is 4.74 Å². The van der Waals surface area contributed by atoms with Crippen LogP contribution in [0, 0.1) is 0 Å². The van der Waals surface area contributed by atoms with Gasteiger partial charge in [-0.15, -0.1) is 0 Å². The minimum Gasteiger partial charge on any atom is -0.469 e. The molecule has 2 aromatic rings. The molecule has 0 saturated heterocycles. The Bertz CT molecular complexity index is 704. The molecule has 0 atom stereocenters. The molecule has 126 valence electrons. The second-order valence-electron chi connectivity index (χ2n) is 6.90. The van der Waals surface area contributed by atoms with Gasteiger partial charge in [0, 0.05) is 12.0 Å². The van der Waals surface area contributed by atoms with E-state index in [4.69, 9.17) is 0 Å². The molecule has 0 aliphatic heterocycles. The van der Waals surface area contributed by atoms with E-state index in [1.54, 1.807) is 0 Å². The summed E-state index contributed by atoms with van der Waals surface area (Å²) in [5.41, 5.74) is 4.24. The number of Topliss-reactive ketones (excluding diaryl/α,β-unsaturated/α-hetero) is 1. The number of hydrogen-bond donors (Lipinski definition) is 0. The normalized spacial score (nSPS) is 11.2. The Labute approximate surface area is 143 Å². The summed E-state index contributed by atoms with van der Waals surface area (Å²) < 4.78 is 4.56. The van der Waals surface area contributed by atoms with Crippen LogP contribution in [0.15, 0.2) is 48.5 Å². The third-order valence-electron chi connectivity index (χ3n) is 4.07. The van der Waals surface area contributed by atoms with Crippen LogP contribution >= 0.6 is 0 Å². The molecule has 0 radical (unpaired) electrons. The highest BCUT2D eigenvalue weighted by Crippen LogP contribution is 2.26. The Kier molecular flexibility index (Phi) is 5.55. The van der Waals surface area contributed by atoms with Crippen LogP contribution < -0.4 is 0 Å². The molecule has 0 bridgehead atoms. The van der Waals surface area contributed by atoms with Crippen molar-refractivity contribution in [2.45, 2.75) is 39.0 Å². The fourth-order valence-corrected chi connectivity index (χ4v) is 2.47. The van der Waals surface area contributed by atoms with Crippen molar-refractivity contribution in [2.24, 2.45) is 0 Å². The van der Waals surface area contributed by atoms with E-state index in [1.165, 1.54) is 12.7 Å². The first-order chi connectivity index (χ1) is 11.3. The zero-order valence-electron chi connectivity index (χ0n) is 14.8. The van der Waals surface area contributed by atoms with Crippen LogP contribution in [-0.4, -0.2) is 18.9 Å². The number of esters is 1. The van der Waals surface area contributed by atoms with Crippen molar-refractivity contribution in [1.82, 2.24) is 0 Å². The van der Waals surface area contributed by atoms with Gasteiger partial charge in [-0.3, -0.25) is 9.59 Å². The molecule has 0 saturated carbocycles. The van der Waals surface area contributed by atoms with E-state index in [0.717, 1.165) is 11.1 Å². The lowest BCUT2D eigenvalue weighted by Gasteiger charge is -2.19. The van der Waals surface area contributed by atoms with Gasteiger partial charge in [-0.1, -0.05) is 69.3 Å². The third-order valence-corrected chi connectivity index (χ3v) is 4.07. The van der Waals surface area contributed by atoms with Crippen molar-refractivity contribution in [3.63, 3.8) is 0 Å². The number of ketones is 1. The predicted octanol–water partition coefficient (Wildman–Crippen LogP) is 4.79. The van der Waals surface area contributed by atoms with Crippen LogP contribution in [0.2, 0.25) is 0 Å². The van der Waals surface area contributed by atoms with Gasteiger partial charge in [-0.25, -0.2) is 0 Å². The summed E-state index contributed by atoms with van der Waals surface area (Å²) in [6, 6.07) is 16.0. The van der Waals surface area contributed by atoms with Crippen molar-refractivity contribution >= 4 is 11.8 Å². The SMILES string of the molecule is COC(=O)CCC(=O)c1ccc(-c2ccc(C(C)(C)C)cc2)cc1. The van der Waals surface area contributed by atoms with Crippen molar-refractivity contribution in [2.75, 3.05) is 7.11 Å². The molecule has 3 heteroatoms. The average Bonchev–Trinajstić information content (AvgIpc) is 2.58. The highest BCUT2D eigenvalue weighted by atomic mass is 16.5. The average molecular weight is 324 g/mol. The maximum Gasteiger partial charge on any atom is 0.305 e. The topological polar surface area (TPSA) is 43.4 Å². The van der Waals surface area contributed by atoms with Crippen LogP contribution in [0.5, 0.6) is 0 Å². The molecule has 0 spiro atoms. The van der Waals surface area contributed by atoms with E-state index in [1.807, 2.05) is 24.3 Å². The first-order valence-electron chi connectivity index (χ1n) is 8.12. The zero-order valence-corrected chi connectivity index (χ0v) is 14.8. The first-order valence-corrected chi connectivity index (χ1v) is 8.12. The molecule has 0 aliphatic carbocycles. The minimum atomic E-state index is -0.362. The Morgan fingerprint density at radius 1 is 0.833 bits per heavy atom. The molecule has 3 nitrogen and oxygen atoms in total. The number of carbonyl (C=O) groups is 2. The standard InChI is InChI=1S/C21H24O3/c1-21(2,3)18-11-9-16(10-12-18)15-5-7-17(8-6-15)19(22)13-14-20(23)24-4/h5-12H,13-14H2,1-4H3. The summed E-state index contributed by atoms with van der Waals surface area (Å²) in [7, 11) is 1.33. The Balaban J connectivity index is 2.09. The maximum atomic E-state index is 12.1. The largest absolute Gasteiger partial charge is 0.469 e. The second-order valence-corrected chi connectivity index (χ2v) is 6.90. The third kappa shape index (κ3) is 4.54. The number of methoxy groups -OCH3 is 1. The summed E-state index contributed by atoms with van der Waals surface area (Å²) in [5.74, 6) is -0.408. The van der Waals surface area contributed by atoms with Gasteiger partial charge in [-0.2, -0.15) is 0 Å². The van der Waals surface area contributed by atoms with Gasteiger partial charge >= 0.3 is 5.97 Å². The van der Waals surface area contributed by atoms with Crippen LogP contribution in [0.25, 0.3) is 11.1 Å². The molecule has 24 heavy (non-hydrogen) atoms. The van der Waals surface area contributed by atoms with Crippen molar-refractivity contribution < 1.29 is 14.3 Å². The number of carbonyl (C=O) groups excluding carboxylic acids is 2. The van der Waals surface area contributed by atoms with Crippen molar-refractivity contribution in [3.8, 4) is 11.1 Å². The van der Waals surface area contributed by atoms with E-state index < -0.39 is 0 Å². The van der Waals surface area contributed by atoms with Crippen molar-refractivity contribution in [1.29, 1.82) is 0 Å². The maximum absolute atomic E-state index is 12.1. The highest BCUT2D eigenvalue weighted by Gasteiger charge is 2.13. The van der Waals surface area contributed by atoms with E-state index in [2.05, 4.69) is 49.8 Å². The van der Waals surface area contributed by atoms with Gasteiger partial charge in [0.05, 0.1) is 13.5 Å². The molecule has 0 amide bonds. The Morgan fingerprint density at radius 3 is 1.79 bits per heavy atom. The van der Waals surface area contributed by atoms with Crippen LogP contribution in [-0.2, 0) is 14.9 Å². The molecular weight excluding hydrogens is 300 g/mol. The van der Waals surface area contributed by atoms with Crippen LogP contribution in [0.3, 0.4) is 0 Å². The lowest BCUT2D eigenvalue weighted by Crippen LogP contribution is -2.10. The van der Waals surface area contributed by atoms with Crippen LogP contribution in [0.1, 0.15) is 49.5 Å². The smallest absolute Gasteiger partial charge is 0.305 e. The summed E-state index contributed by atoms with van der Waals surface area (Å²) in [5, 5.41) is 0. The Hall–Kier alpha value is -2.42. The molecule has 0 unspecified atom stereocenters. The monoisotopic (exact) mass is 324 g/mol. The molecule has 0 N–H and O–H groups in total. The van der Waals surface area contributed by atoms with Gasteiger partial charge in [0.1, 0.15) is 0 Å². The molecule has 0 heterocycles. The predicted molar refractivity (Wildman–Crippen MR) is 96.2 cm³/mol. The van der Waals surface area contributed by atoms with E-state index in [0.29, 0.717) is 5.56 Å². The molecule has 2 rings (SSSR count).